The zero-order valence-corrected chi connectivity index (χ0v) is 14.7. The second-order valence-corrected chi connectivity index (χ2v) is 9.35. The van der Waals surface area contributed by atoms with Crippen molar-refractivity contribution in [2.45, 2.75) is 47.6 Å². The summed E-state index contributed by atoms with van der Waals surface area (Å²) in [7, 11) is -3.98. The van der Waals surface area contributed by atoms with Gasteiger partial charge in [0.25, 0.3) is 10.0 Å². The van der Waals surface area contributed by atoms with Gasteiger partial charge in [-0.15, -0.1) is 11.3 Å². The van der Waals surface area contributed by atoms with Gasteiger partial charge in [0.1, 0.15) is 21.7 Å². The number of fused-ring (bicyclic) bond motifs is 2. The third-order valence-electron chi connectivity index (χ3n) is 4.62. The number of hydrogen-bond acceptors (Lipinski definition) is 7. The smallest absolute Gasteiger partial charge is 0.325 e. The molecule has 2 N–H and O–H groups in total. The van der Waals surface area contributed by atoms with E-state index in [9.17, 15) is 18.3 Å². The van der Waals surface area contributed by atoms with E-state index in [0.717, 1.165) is 24.2 Å². The van der Waals surface area contributed by atoms with Crippen molar-refractivity contribution < 1.29 is 27.6 Å². The Bertz CT molecular complexity index is 877. The minimum atomic E-state index is -3.98. The number of hydrogen-bond donors (Lipinski definition) is 2. The van der Waals surface area contributed by atoms with E-state index in [1.165, 1.54) is 12.3 Å². The number of sulfonamides is 1. The molecule has 0 spiro atoms. The molecule has 25 heavy (non-hydrogen) atoms. The lowest BCUT2D eigenvalue weighted by atomic mass is 9.88. The molecular formula is C15H16N2O6S2. The third-order valence-corrected chi connectivity index (χ3v) is 7.76. The largest absolute Gasteiger partial charge is 0.480 e. The van der Waals surface area contributed by atoms with E-state index >= 15 is 0 Å². The van der Waals surface area contributed by atoms with E-state index in [1.54, 1.807) is 12.1 Å². The Morgan fingerprint density at radius 1 is 1.28 bits per heavy atom. The average molecular weight is 384 g/mol. The topological polar surface area (TPSA) is 119 Å². The average Bonchev–Trinajstić information content (AvgIpc) is 3.26. The number of nitrogens with one attached hydrogen (secondary N) is 1. The number of thiophene rings is 1. The van der Waals surface area contributed by atoms with Crippen molar-refractivity contribution in [2.24, 2.45) is 0 Å². The van der Waals surface area contributed by atoms with E-state index < -0.39 is 21.5 Å². The van der Waals surface area contributed by atoms with Gasteiger partial charge in [-0.05, 0) is 25.0 Å². The summed E-state index contributed by atoms with van der Waals surface area (Å²) < 4.78 is 38.5. The first-order chi connectivity index (χ1) is 11.9. The molecule has 2 bridgehead atoms. The van der Waals surface area contributed by atoms with Crippen LogP contribution in [0.25, 0.3) is 10.6 Å². The van der Waals surface area contributed by atoms with Gasteiger partial charge in [0, 0.05) is 18.9 Å². The molecule has 10 heteroatoms. The summed E-state index contributed by atoms with van der Waals surface area (Å²) in [5.74, 6) is -1.16. The number of aromatic nitrogens is 1. The van der Waals surface area contributed by atoms with Crippen molar-refractivity contribution in [3.63, 3.8) is 0 Å². The van der Waals surface area contributed by atoms with E-state index in [2.05, 4.69) is 9.88 Å². The van der Waals surface area contributed by atoms with Crippen LogP contribution in [0, 0.1) is 0 Å². The Balaban J connectivity index is 1.63. The van der Waals surface area contributed by atoms with Gasteiger partial charge in [-0.1, -0.05) is 5.16 Å². The van der Waals surface area contributed by atoms with Crippen LogP contribution in [0.4, 0.5) is 0 Å². The fourth-order valence-electron chi connectivity index (χ4n) is 3.49. The molecule has 0 aromatic carbocycles. The van der Waals surface area contributed by atoms with Crippen LogP contribution in [-0.4, -0.2) is 42.4 Å². The Morgan fingerprint density at radius 2 is 2.00 bits per heavy atom. The van der Waals surface area contributed by atoms with Crippen molar-refractivity contribution in [1.82, 2.24) is 9.88 Å². The minimum Gasteiger partial charge on any atom is -0.480 e. The summed E-state index contributed by atoms with van der Waals surface area (Å²) in [6.07, 6.45) is 2.77. The zero-order chi connectivity index (χ0) is 17.7. The highest BCUT2D eigenvalue weighted by Gasteiger charge is 2.52. The number of ether oxygens (including phenoxy) is 1. The molecule has 2 saturated heterocycles. The maximum atomic E-state index is 12.8. The van der Waals surface area contributed by atoms with Gasteiger partial charge in [-0.3, -0.25) is 4.79 Å². The lowest BCUT2D eigenvalue weighted by molar-refractivity contribution is -0.151. The number of rotatable bonds is 5. The molecule has 2 unspecified atom stereocenters. The van der Waals surface area contributed by atoms with Crippen molar-refractivity contribution in [3.05, 3.63) is 24.5 Å². The molecule has 8 nitrogen and oxygen atoms in total. The van der Waals surface area contributed by atoms with E-state index in [0.29, 0.717) is 10.6 Å². The zero-order valence-electron chi connectivity index (χ0n) is 13.0. The number of carboxylic acid groups (broad SMARTS) is 1. The van der Waals surface area contributed by atoms with E-state index in [-0.39, 0.29) is 29.3 Å². The summed E-state index contributed by atoms with van der Waals surface area (Å²) in [6.45, 7) is 0. The molecular weight excluding hydrogens is 368 g/mol. The van der Waals surface area contributed by atoms with Gasteiger partial charge in [0.05, 0.1) is 17.1 Å². The summed E-state index contributed by atoms with van der Waals surface area (Å²) in [5.41, 5.74) is -0.996. The molecule has 2 aliphatic heterocycles. The predicted octanol–water partition coefficient (Wildman–Crippen LogP) is 1.85. The Hall–Kier alpha value is -1.75. The van der Waals surface area contributed by atoms with Crippen LogP contribution in [0.15, 0.2) is 33.2 Å². The highest BCUT2D eigenvalue weighted by atomic mass is 32.2. The molecule has 134 valence electrons. The van der Waals surface area contributed by atoms with Gasteiger partial charge >= 0.3 is 5.97 Å². The molecule has 2 aromatic rings. The van der Waals surface area contributed by atoms with Gasteiger partial charge in [0.15, 0.2) is 0 Å². The van der Waals surface area contributed by atoms with Crippen LogP contribution < -0.4 is 4.72 Å². The molecule has 2 aromatic heterocycles. The molecule has 2 atom stereocenters. The number of carbonyl (C=O) groups is 1. The van der Waals surface area contributed by atoms with Crippen LogP contribution in [-0.2, 0) is 19.6 Å². The van der Waals surface area contributed by atoms with Crippen molar-refractivity contribution in [2.75, 3.05) is 0 Å². The summed E-state index contributed by atoms with van der Waals surface area (Å²) in [4.78, 5) is 12.5. The third kappa shape index (κ3) is 2.99. The number of nitrogens with zero attached hydrogens (tertiary/aromatic N) is 1. The molecule has 2 aliphatic rings. The number of carboxylic acids is 1. The summed E-state index contributed by atoms with van der Waals surface area (Å²) in [6, 6.07) is 4.70. The van der Waals surface area contributed by atoms with E-state index in [4.69, 9.17) is 9.26 Å². The molecule has 4 heterocycles. The first kappa shape index (κ1) is 16.7. The highest BCUT2D eigenvalue weighted by molar-refractivity contribution is 7.91. The van der Waals surface area contributed by atoms with Crippen molar-refractivity contribution >= 4 is 27.3 Å². The van der Waals surface area contributed by atoms with Crippen LogP contribution in [0.5, 0.6) is 0 Å². The fraction of sp³-hybridized carbons (Fsp3) is 0.467. The second-order valence-electron chi connectivity index (χ2n) is 6.36. The monoisotopic (exact) mass is 384 g/mol. The first-order valence-electron chi connectivity index (χ1n) is 7.81. The van der Waals surface area contributed by atoms with E-state index in [1.807, 2.05) is 0 Å². The second kappa shape index (κ2) is 5.90. The maximum Gasteiger partial charge on any atom is 0.325 e. The first-order valence-corrected chi connectivity index (χ1v) is 10.1. The van der Waals surface area contributed by atoms with Gasteiger partial charge in [-0.25, -0.2) is 8.42 Å². The van der Waals surface area contributed by atoms with Crippen molar-refractivity contribution in [3.8, 4) is 10.6 Å². The molecule has 4 rings (SSSR count). The highest BCUT2D eigenvalue weighted by Crippen LogP contribution is 2.40. The summed E-state index contributed by atoms with van der Waals surface area (Å²) in [5, 5.41) is 13.5. The molecule has 0 radical (unpaired) electrons. The minimum absolute atomic E-state index is 0.0463. The molecule has 0 aliphatic carbocycles. The van der Waals surface area contributed by atoms with Crippen LogP contribution in [0.3, 0.4) is 0 Å². The standard InChI is InChI=1S/C15H16N2O6S2/c18-14(19)15(7-9-1-2-10(8-15)23-9)17-25(20,21)13-4-3-12(24-13)11-5-6-22-16-11/h3-6,9-10,17H,1-2,7-8H2,(H,18,19). The van der Waals surface area contributed by atoms with Crippen LogP contribution in [0.2, 0.25) is 0 Å². The lowest BCUT2D eigenvalue weighted by Crippen LogP contribution is -2.59. The quantitative estimate of drug-likeness (QED) is 0.807. The molecule has 0 amide bonds. The van der Waals surface area contributed by atoms with Gasteiger partial charge in [-0.2, -0.15) is 4.72 Å². The Morgan fingerprint density at radius 3 is 2.60 bits per heavy atom. The molecule has 2 fully saturated rings. The molecule has 0 saturated carbocycles. The van der Waals surface area contributed by atoms with Crippen LogP contribution in [0.1, 0.15) is 25.7 Å². The van der Waals surface area contributed by atoms with Gasteiger partial charge in [0.2, 0.25) is 0 Å². The lowest BCUT2D eigenvalue weighted by Gasteiger charge is -2.37. The Kier molecular flexibility index (Phi) is 3.95. The maximum absolute atomic E-state index is 12.8. The van der Waals surface area contributed by atoms with Gasteiger partial charge < -0.3 is 14.4 Å². The van der Waals surface area contributed by atoms with Crippen molar-refractivity contribution in [1.29, 1.82) is 0 Å². The number of aliphatic carboxylic acids is 1. The Labute approximate surface area is 147 Å². The summed E-state index contributed by atoms with van der Waals surface area (Å²) >= 11 is 1.02. The SMILES string of the molecule is O=C(O)C1(NS(=O)(=O)c2ccc(-c3ccon3)s2)CC2CCC(C1)O2. The fourth-order valence-corrected chi connectivity index (χ4v) is 6.14. The predicted molar refractivity (Wildman–Crippen MR) is 87.6 cm³/mol. The normalized spacial score (nSPS) is 29.0. The van der Waals surface area contributed by atoms with Crippen LogP contribution >= 0.6 is 11.3 Å².